The number of hydrogen-bond acceptors (Lipinski definition) is 9. The molecule has 0 atom stereocenters. The fourth-order valence-corrected chi connectivity index (χ4v) is 3.10. The third kappa shape index (κ3) is 5.13. The number of rotatable bonds is 9. The predicted molar refractivity (Wildman–Crippen MR) is 115 cm³/mol. The number of imide groups is 1. The van der Waals surface area contributed by atoms with E-state index in [4.69, 9.17) is 9.47 Å². The average Bonchev–Trinajstić information content (AvgIpc) is 3.01. The van der Waals surface area contributed by atoms with Crippen LogP contribution in [0, 0.1) is 10.1 Å². The second kappa shape index (κ2) is 9.87. The summed E-state index contributed by atoms with van der Waals surface area (Å²) in [6.45, 7) is 0.00578. The zero-order valence-corrected chi connectivity index (χ0v) is 17.7. The van der Waals surface area contributed by atoms with Gasteiger partial charge in [0.1, 0.15) is 5.69 Å². The molecule has 2 aromatic rings. The number of benzene rings is 2. The van der Waals surface area contributed by atoms with Gasteiger partial charge in [-0.15, -0.1) is 0 Å². The molecule has 12 nitrogen and oxygen atoms in total. The molecule has 1 aliphatic heterocycles. The van der Waals surface area contributed by atoms with Gasteiger partial charge in [0.05, 0.1) is 28.2 Å². The SMILES string of the molecule is COCCNc1ccc(C(=O)OCC(=O)Nc2ccc3c(c2)C(=O)N(C)C3=O)cc1[N+](=O)[O-]. The number of ether oxygens (including phenoxy) is 2. The first-order valence-corrected chi connectivity index (χ1v) is 9.67. The lowest BCUT2D eigenvalue weighted by molar-refractivity contribution is -0.384. The molecule has 1 heterocycles. The van der Waals surface area contributed by atoms with Crippen LogP contribution in [-0.4, -0.2) is 67.4 Å². The van der Waals surface area contributed by atoms with E-state index in [0.29, 0.717) is 13.2 Å². The molecule has 0 radical (unpaired) electrons. The van der Waals surface area contributed by atoms with Crippen LogP contribution < -0.4 is 10.6 Å². The van der Waals surface area contributed by atoms with Crippen molar-refractivity contribution >= 4 is 40.8 Å². The van der Waals surface area contributed by atoms with Crippen molar-refractivity contribution in [3.63, 3.8) is 0 Å². The molecular weight excluding hydrogens is 436 g/mol. The minimum atomic E-state index is -0.923. The van der Waals surface area contributed by atoms with E-state index < -0.39 is 35.2 Å². The van der Waals surface area contributed by atoms with Crippen LogP contribution in [0.2, 0.25) is 0 Å². The first kappa shape index (κ1) is 23.3. The average molecular weight is 456 g/mol. The molecule has 33 heavy (non-hydrogen) atoms. The van der Waals surface area contributed by atoms with Crippen molar-refractivity contribution in [1.29, 1.82) is 0 Å². The van der Waals surface area contributed by atoms with E-state index in [1.165, 1.54) is 44.5 Å². The fraction of sp³-hybridized carbons (Fsp3) is 0.238. The molecule has 2 N–H and O–H groups in total. The van der Waals surface area contributed by atoms with Crippen molar-refractivity contribution in [2.45, 2.75) is 0 Å². The molecule has 3 rings (SSSR count). The molecule has 172 valence electrons. The van der Waals surface area contributed by atoms with Gasteiger partial charge in [0.15, 0.2) is 6.61 Å². The van der Waals surface area contributed by atoms with Gasteiger partial charge in [-0.2, -0.15) is 0 Å². The summed E-state index contributed by atoms with van der Waals surface area (Å²) in [4.78, 5) is 60.0. The van der Waals surface area contributed by atoms with E-state index in [-0.39, 0.29) is 33.8 Å². The third-order valence-corrected chi connectivity index (χ3v) is 4.76. The maximum atomic E-state index is 12.3. The summed E-state index contributed by atoms with van der Waals surface area (Å²) in [5.41, 5.74) is 0.413. The van der Waals surface area contributed by atoms with Crippen LogP contribution >= 0.6 is 0 Å². The summed E-state index contributed by atoms with van der Waals surface area (Å²) in [7, 11) is 2.85. The summed E-state index contributed by atoms with van der Waals surface area (Å²) in [6.07, 6.45) is 0. The third-order valence-electron chi connectivity index (χ3n) is 4.76. The van der Waals surface area contributed by atoms with Gasteiger partial charge < -0.3 is 20.1 Å². The van der Waals surface area contributed by atoms with Gasteiger partial charge in [-0.1, -0.05) is 0 Å². The highest BCUT2D eigenvalue weighted by atomic mass is 16.6. The number of nitrogens with one attached hydrogen (secondary N) is 2. The van der Waals surface area contributed by atoms with Crippen molar-refractivity contribution in [1.82, 2.24) is 4.90 Å². The topological polar surface area (TPSA) is 157 Å². The molecule has 0 saturated carbocycles. The zero-order valence-electron chi connectivity index (χ0n) is 17.7. The van der Waals surface area contributed by atoms with Gasteiger partial charge in [0.25, 0.3) is 23.4 Å². The predicted octanol–water partition coefficient (Wildman–Crippen LogP) is 1.67. The Hall–Kier alpha value is -4.32. The molecule has 0 unspecified atom stereocenters. The maximum Gasteiger partial charge on any atom is 0.338 e. The van der Waals surface area contributed by atoms with Crippen molar-refractivity contribution in [2.75, 3.05) is 44.5 Å². The van der Waals surface area contributed by atoms with Crippen LogP contribution in [0.4, 0.5) is 17.1 Å². The summed E-state index contributed by atoms with van der Waals surface area (Å²) >= 11 is 0. The van der Waals surface area contributed by atoms with Crippen LogP contribution in [-0.2, 0) is 14.3 Å². The Bertz CT molecular complexity index is 1150. The number of carbonyl (C=O) groups excluding carboxylic acids is 4. The Morgan fingerprint density at radius 2 is 1.82 bits per heavy atom. The molecule has 2 aromatic carbocycles. The number of anilines is 2. The lowest BCUT2D eigenvalue weighted by atomic mass is 10.1. The van der Waals surface area contributed by atoms with Crippen LogP contribution in [0.5, 0.6) is 0 Å². The standard InChI is InChI=1S/C21H20N4O8/c1-24-19(27)14-5-4-13(10-15(14)20(24)28)23-18(26)11-33-21(29)12-3-6-16(22-7-8-32-2)17(9-12)25(30)31/h3-6,9-10,22H,7-8,11H2,1-2H3,(H,23,26). The van der Waals surface area contributed by atoms with E-state index in [1.54, 1.807) is 0 Å². The Morgan fingerprint density at radius 3 is 2.52 bits per heavy atom. The van der Waals surface area contributed by atoms with E-state index in [2.05, 4.69) is 10.6 Å². The highest BCUT2D eigenvalue weighted by molar-refractivity contribution is 6.21. The molecule has 12 heteroatoms. The molecule has 0 spiro atoms. The number of hydrogen-bond donors (Lipinski definition) is 2. The first-order chi connectivity index (χ1) is 15.7. The smallest absolute Gasteiger partial charge is 0.338 e. The van der Waals surface area contributed by atoms with Crippen molar-refractivity contribution in [2.24, 2.45) is 0 Å². The number of methoxy groups -OCH3 is 1. The van der Waals surface area contributed by atoms with Crippen molar-refractivity contribution in [3.8, 4) is 0 Å². The normalized spacial score (nSPS) is 12.4. The van der Waals surface area contributed by atoms with Crippen LogP contribution in [0.25, 0.3) is 0 Å². The quantitative estimate of drug-likeness (QED) is 0.188. The maximum absolute atomic E-state index is 12.3. The number of nitrogens with zero attached hydrogens (tertiary/aromatic N) is 2. The van der Waals surface area contributed by atoms with Gasteiger partial charge in [-0.05, 0) is 30.3 Å². The fourth-order valence-electron chi connectivity index (χ4n) is 3.10. The summed E-state index contributed by atoms with van der Waals surface area (Å²) in [5, 5.41) is 16.6. The Balaban J connectivity index is 1.61. The number of carbonyl (C=O) groups is 4. The minimum Gasteiger partial charge on any atom is -0.452 e. The number of nitro benzene ring substituents is 1. The monoisotopic (exact) mass is 456 g/mol. The van der Waals surface area contributed by atoms with Gasteiger partial charge in [-0.25, -0.2) is 4.79 Å². The molecule has 1 aliphatic rings. The second-order valence-corrected chi connectivity index (χ2v) is 6.96. The molecule has 0 saturated heterocycles. The highest BCUT2D eigenvalue weighted by Gasteiger charge is 2.32. The highest BCUT2D eigenvalue weighted by Crippen LogP contribution is 2.26. The van der Waals surface area contributed by atoms with Gasteiger partial charge in [0, 0.05) is 32.5 Å². The van der Waals surface area contributed by atoms with E-state index in [0.717, 1.165) is 11.0 Å². The Kier molecular flexibility index (Phi) is 6.98. The van der Waals surface area contributed by atoms with Crippen molar-refractivity contribution < 1.29 is 33.6 Å². The van der Waals surface area contributed by atoms with Gasteiger partial charge in [-0.3, -0.25) is 29.4 Å². The lowest BCUT2D eigenvalue weighted by Gasteiger charge is -2.09. The number of fused-ring (bicyclic) bond motifs is 1. The van der Waals surface area contributed by atoms with E-state index in [1.807, 2.05) is 0 Å². The molecule has 0 aliphatic carbocycles. The second-order valence-electron chi connectivity index (χ2n) is 6.96. The lowest BCUT2D eigenvalue weighted by Crippen LogP contribution is -2.24. The number of nitro groups is 1. The van der Waals surface area contributed by atoms with Crippen LogP contribution in [0.15, 0.2) is 36.4 Å². The Morgan fingerprint density at radius 1 is 1.09 bits per heavy atom. The number of esters is 1. The van der Waals surface area contributed by atoms with Crippen LogP contribution in [0.3, 0.4) is 0 Å². The van der Waals surface area contributed by atoms with E-state index in [9.17, 15) is 29.3 Å². The molecule has 0 bridgehead atoms. The molecule has 0 aromatic heterocycles. The minimum absolute atomic E-state index is 0.100. The Labute approximate surface area is 187 Å². The summed E-state index contributed by atoms with van der Waals surface area (Å²) < 4.78 is 9.82. The number of amides is 3. The van der Waals surface area contributed by atoms with Crippen molar-refractivity contribution in [3.05, 3.63) is 63.2 Å². The van der Waals surface area contributed by atoms with Crippen LogP contribution in [0.1, 0.15) is 31.1 Å². The largest absolute Gasteiger partial charge is 0.452 e. The van der Waals surface area contributed by atoms with E-state index >= 15 is 0 Å². The van der Waals surface area contributed by atoms with Gasteiger partial charge in [0.2, 0.25) is 0 Å². The molecular formula is C21H20N4O8. The molecule has 0 fully saturated rings. The first-order valence-electron chi connectivity index (χ1n) is 9.67. The summed E-state index contributed by atoms with van der Waals surface area (Å²) in [5.74, 6) is -2.54. The van der Waals surface area contributed by atoms with Gasteiger partial charge >= 0.3 is 5.97 Å². The zero-order chi connectivity index (χ0) is 24.1. The summed E-state index contributed by atoms with van der Waals surface area (Å²) in [6, 6.07) is 7.97. The molecule has 3 amide bonds.